The van der Waals surface area contributed by atoms with Crippen LogP contribution in [0.25, 0.3) is 0 Å². The van der Waals surface area contributed by atoms with Gasteiger partial charge in [0.05, 0.1) is 0 Å². The van der Waals surface area contributed by atoms with Gasteiger partial charge in [0, 0.05) is 17.7 Å². The lowest BCUT2D eigenvalue weighted by Gasteiger charge is -2.21. The molecule has 0 aromatic carbocycles. The van der Waals surface area contributed by atoms with Crippen molar-refractivity contribution in [2.75, 3.05) is 12.3 Å². The number of thioether (sulfide) groups is 1. The van der Waals surface area contributed by atoms with Crippen molar-refractivity contribution in [2.24, 2.45) is 11.7 Å². The number of carbonyl (C=O) groups excluding carboxylic acids is 1. The summed E-state index contributed by atoms with van der Waals surface area (Å²) in [4.78, 5) is 11.9. The second kappa shape index (κ2) is 7.98. The molecule has 3 nitrogen and oxygen atoms in total. The quantitative estimate of drug-likeness (QED) is 0.735. The Morgan fingerprint density at radius 2 is 2.24 bits per heavy atom. The minimum atomic E-state index is 0.191. The van der Waals surface area contributed by atoms with Crippen LogP contribution in [0.15, 0.2) is 0 Å². The fourth-order valence-electron chi connectivity index (χ4n) is 2.43. The summed E-state index contributed by atoms with van der Waals surface area (Å²) >= 11 is 1.98. The van der Waals surface area contributed by atoms with E-state index in [0.29, 0.717) is 30.2 Å². The van der Waals surface area contributed by atoms with Gasteiger partial charge in [-0.25, -0.2) is 0 Å². The van der Waals surface area contributed by atoms with E-state index in [-0.39, 0.29) is 5.91 Å². The number of carbonyl (C=O) groups is 1. The van der Waals surface area contributed by atoms with Crippen molar-refractivity contribution in [3.8, 4) is 0 Å². The van der Waals surface area contributed by atoms with Gasteiger partial charge in [0.25, 0.3) is 0 Å². The van der Waals surface area contributed by atoms with E-state index in [1.54, 1.807) is 0 Å². The molecule has 4 heteroatoms. The Hall–Kier alpha value is -0.220. The summed E-state index contributed by atoms with van der Waals surface area (Å²) in [6.07, 6.45) is 5.21. The zero-order valence-corrected chi connectivity index (χ0v) is 11.9. The number of hydrogen-bond donors (Lipinski definition) is 2. The van der Waals surface area contributed by atoms with Gasteiger partial charge in [0.15, 0.2) is 0 Å². The maximum absolute atomic E-state index is 11.9. The summed E-state index contributed by atoms with van der Waals surface area (Å²) in [7, 11) is 0. The summed E-state index contributed by atoms with van der Waals surface area (Å²) < 4.78 is 0. The molecule has 3 N–H and O–H groups in total. The van der Waals surface area contributed by atoms with Crippen LogP contribution in [-0.2, 0) is 4.79 Å². The fraction of sp³-hybridized carbons (Fsp3) is 0.923. The van der Waals surface area contributed by atoms with Crippen molar-refractivity contribution >= 4 is 17.7 Å². The molecule has 1 rings (SSSR count). The highest BCUT2D eigenvalue weighted by Crippen LogP contribution is 2.29. The SMILES string of the molecule is CCSC1CCCC1NC(=O)CC(CC)CN. The van der Waals surface area contributed by atoms with Gasteiger partial charge < -0.3 is 11.1 Å². The largest absolute Gasteiger partial charge is 0.352 e. The third-order valence-electron chi connectivity index (χ3n) is 3.56. The summed E-state index contributed by atoms with van der Waals surface area (Å²) in [5.74, 6) is 1.67. The van der Waals surface area contributed by atoms with Crippen LogP contribution in [0, 0.1) is 5.92 Å². The van der Waals surface area contributed by atoms with E-state index in [9.17, 15) is 4.79 Å². The lowest BCUT2D eigenvalue weighted by atomic mass is 10.0. The van der Waals surface area contributed by atoms with Crippen LogP contribution in [0.2, 0.25) is 0 Å². The molecule has 1 aliphatic rings. The Labute approximate surface area is 109 Å². The first-order valence-corrected chi connectivity index (χ1v) is 7.87. The second-order valence-corrected chi connectivity index (χ2v) is 6.33. The van der Waals surface area contributed by atoms with Gasteiger partial charge in [-0.15, -0.1) is 0 Å². The first kappa shape index (κ1) is 14.8. The van der Waals surface area contributed by atoms with Crippen LogP contribution in [-0.4, -0.2) is 29.5 Å². The Bertz CT molecular complexity index is 231. The summed E-state index contributed by atoms with van der Waals surface area (Å²) in [5.41, 5.74) is 5.63. The smallest absolute Gasteiger partial charge is 0.220 e. The molecule has 0 bridgehead atoms. The second-order valence-electron chi connectivity index (χ2n) is 4.81. The highest BCUT2D eigenvalue weighted by Gasteiger charge is 2.28. The highest BCUT2D eigenvalue weighted by molar-refractivity contribution is 7.99. The van der Waals surface area contributed by atoms with Gasteiger partial charge in [-0.05, 0) is 31.1 Å². The number of rotatable bonds is 7. The van der Waals surface area contributed by atoms with Crippen molar-refractivity contribution in [1.82, 2.24) is 5.32 Å². The van der Waals surface area contributed by atoms with Gasteiger partial charge in [-0.3, -0.25) is 4.79 Å². The molecule has 17 heavy (non-hydrogen) atoms. The van der Waals surface area contributed by atoms with E-state index >= 15 is 0 Å². The van der Waals surface area contributed by atoms with Crippen LogP contribution in [0.5, 0.6) is 0 Å². The predicted octanol–water partition coefficient (Wildman–Crippen LogP) is 2.15. The summed E-state index contributed by atoms with van der Waals surface area (Å²) in [5, 5.41) is 3.82. The van der Waals surface area contributed by atoms with Crippen molar-refractivity contribution in [3.63, 3.8) is 0 Å². The van der Waals surface area contributed by atoms with Crippen LogP contribution in [0.3, 0.4) is 0 Å². The van der Waals surface area contributed by atoms with Crippen molar-refractivity contribution in [2.45, 2.75) is 57.2 Å². The molecule has 0 aliphatic heterocycles. The third kappa shape index (κ3) is 4.88. The average molecular weight is 258 g/mol. The molecule has 0 aromatic heterocycles. The number of nitrogens with two attached hydrogens (primary N) is 1. The van der Waals surface area contributed by atoms with Crippen molar-refractivity contribution < 1.29 is 4.79 Å². The molecule has 3 unspecified atom stereocenters. The molecule has 1 aliphatic carbocycles. The minimum Gasteiger partial charge on any atom is -0.352 e. The Balaban J connectivity index is 2.34. The molecule has 0 saturated heterocycles. The van der Waals surface area contributed by atoms with E-state index in [1.807, 2.05) is 11.8 Å². The van der Waals surface area contributed by atoms with Crippen LogP contribution in [0.4, 0.5) is 0 Å². The van der Waals surface area contributed by atoms with Crippen molar-refractivity contribution in [1.29, 1.82) is 0 Å². The molecule has 3 atom stereocenters. The zero-order chi connectivity index (χ0) is 12.7. The van der Waals surface area contributed by atoms with Crippen LogP contribution >= 0.6 is 11.8 Å². The van der Waals surface area contributed by atoms with Gasteiger partial charge in [0.1, 0.15) is 0 Å². The summed E-state index contributed by atoms with van der Waals surface area (Å²) in [6.45, 7) is 4.89. The normalized spacial score (nSPS) is 25.8. The standard InChI is InChI=1S/C13H26N2OS/c1-3-10(9-14)8-13(16)15-11-6-5-7-12(11)17-4-2/h10-12H,3-9,14H2,1-2H3,(H,15,16). The number of nitrogens with one attached hydrogen (secondary N) is 1. The molecule has 100 valence electrons. The average Bonchev–Trinajstić information content (AvgIpc) is 2.74. The van der Waals surface area contributed by atoms with E-state index < -0.39 is 0 Å². The maximum atomic E-state index is 11.9. The van der Waals surface area contributed by atoms with Crippen molar-refractivity contribution in [3.05, 3.63) is 0 Å². The van der Waals surface area contributed by atoms with Gasteiger partial charge in [-0.1, -0.05) is 26.7 Å². The summed E-state index contributed by atoms with van der Waals surface area (Å²) in [6, 6.07) is 0.391. The Kier molecular flexibility index (Phi) is 6.97. The van der Waals surface area contributed by atoms with E-state index in [1.165, 1.54) is 12.8 Å². The number of hydrogen-bond acceptors (Lipinski definition) is 3. The van der Waals surface area contributed by atoms with Crippen LogP contribution < -0.4 is 11.1 Å². The van der Waals surface area contributed by atoms with E-state index in [2.05, 4.69) is 19.2 Å². The lowest BCUT2D eigenvalue weighted by Crippen LogP contribution is -2.40. The van der Waals surface area contributed by atoms with Gasteiger partial charge in [-0.2, -0.15) is 11.8 Å². The molecule has 0 aromatic rings. The van der Waals surface area contributed by atoms with E-state index in [0.717, 1.165) is 18.6 Å². The zero-order valence-electron chi connectivity index (χ0n) is 11.1. The van der Waals surface area contributed by atoms with E-state index in [4.69, 9.17) is 5.73 Å². The van der Waals surface area contributed by atoms with Gasteiger partial charge >= 0.3 is 0 Å². The number of amides is 1. The minimum absolute atomic E-state index is 0.191. The topological polar surface area (TPSA) is 55.1 Å². The van der Waals surface area contributed by atoms with Gasteiger partial charge in [0.2, 0.25) is 5.91 Å². The Morgan fingerprint density at radius 3 is 2.82 bits per heavy atom. The maximum Gasteiger partial charge on any atom is 0.220 e. The molecule has 0 radical (unpaired) electrons. The molecule has 0 heterocycles. The fourth-order valence-corrected chi connectivity index (χ4v) is 3.62. The third-order valence-corrected chi connectivity index (χ3v) is 4.89. The first-order valence-electron chi connectivity index (χ1n) is 6.82. The molecular weight excluding hydrogens is 232 g/mol. The lowest BCUT2D eigenvalue weighted by molar-refractivity contribution is -0.122. The molecule has 0 spiro atoms. The Morgan fingerprint density at radius 1 is 1.47 bits per heavy atom. The molecule has 1 fully saturated rings. The molecule has 1 saturated carbocycles. The van der Waals surface area contributed by atoms with Crippen LogP contribution in [0.1, 0.15) is 46.0 Å². The highest BCUT2D eigenvalue weighted by atomic mass is 32.2. The predicted molar refractivity (Wildman–Crippen MR) is 75.2 cm³/mol. The molecular formula is C13H26N2OS. The monoisotopic (exact) mass is 258 g/mol. The molecule has 1 amide bonds. The first-order chi connectivity index (χ1) is 8.21.